The summed E-state index contributed by atoms with van der Waals surface area (Å²) in [4.78, 5) is 35.5. The van der Waals surface area contributed by atoms with Gasteiger partial charge in [0.15, 0.2) is 5.69 Å². The van der Waals surface area contributed by atoms with Gasteiger partial charge in [-0.05, 0) is 75.0 Å². The van der Waals surface area contributed by atoms with Crippen LogP contribution >= 0.6 is 23.2 Å². The van der Waals surface area contributed by atoms with Crippen LogP contribution in [0.25, 0.3) is 11.1 Å². The van der Waals surface area contributed by atoms with E-state index in [-0.39, 0.29) is 17.7 Å². The van der Waals surface area contributed by atoms with Crippen molar-refractivity contribution in [3.8, 4) is 11.1 Å². The molecule has 3 N–H and O–H groups in total. The summed E-state index contributed by atoms with van der Waals surface area (Å²) in [5.74, 6) is -0.719. The highest BCUT2D eigenvalue weighted by Crippen LogP contribution is 2.40. The second-order valence-corrected chi connectivity index (χ2v) is 13.3. The van der Waals surface area contributed by atoms with Gasteiger partial charge in [-0.25, -0.2) is 0 Å². The van der Waals surface area contributed by atoms with Crippen molar-refractivity contribution in [2.45, 2.75) is 57.3 Å². The van der Waals surface area contributed by atoms with Gasteiger partial charge >= 0.3 is 0 Å². The van der Waals surface area contributed by atoms with Gasteiger partial charge < -0.3 is 15.7 Å². The number of carbonyl (C=O) groups is 2. The van der Waals surface area contributed by atoms with E-state index in [2.05, 4.69) is 30.5 Å². The fourth-order valence-corrected chi connectivity index (χ4v) is 7.46. The van der Waals surface area contributed by atoms with E-state index in [1.165, 1.54) is 12.8 Å². The molecule has 0 spiro atoms. The smallest absolute Gasteiger partial charge is 0.276 e. The Bertz CT molecular complexity index is 1790. The molecule has 2 fully saturated rings. The maximum atomic E-state index is 13.4. The van der Waals surface area contributed by atoms with Crippen LogP contribution in [0.2, 0.25) is 10.0 Å². The lowest BCUT2D eigenvalue weighted by Gasteiger charge is -2.31. The SMILES string of the molecule is O=C(Nc1cccc(-c2cccc(NC(=O)c3cc4n(n3)CCCC4N3CCCC3)c2Cl)c1Cl)c1ccc(CN2CC[C@@H](O)C2)cn1. The molecule has 0 aliphatic carbocycles. The van der Waals surface area contributed by atoms with E-state index in [9.17, 15) is 14.7 Å². The zero-order chi connectivity index (χ0) is 32.5. The molecule has 0 bridgehead atoms. The number of amides is 2. The van der Waals surface area contributed by atoms with Crippen molar-refractivity contribution in [2.75, 3.05) is 36.8 Å². The number of carbonyl (C=O) groups excluding carboxylic acids is 2. The Morgan fingerprint density at radius 2 is 1.51 bits per heavy atom. The molecule has 0 radical (unpaired) electrons. The quantitative estimate of drug-likeness (QED) is 0.202. The number of aryl methyl sites for hydroxylation is 1. The van der Waals surface area contributed by atoms with Gasteiger partial charge in [0.05, 0.1) is 39.3 Å². The zero-order valence-corrected chi connectivity index (χ0v) is 27.5. The third kappa shape index (κ3) is 6.79. The predicted molar refractivity (Wildman–Crippen MR) is 183 cm³/mol. The number of fused-ring (bicyclic) bond motifs is 1. The lowest BCUT2D eigenvalue weighted by atomic mass is 10.0. The first-order chi connectivity index (χ1) is 22.8. The van der Waals surface area contributed by atoms with E-state index in [4.69, 9.17) is 23.2 Å². The first-order valence-electron chi connectivity index (χ1n) is 16.2. The van der Waals surface area contributed by atoms with Crippen LogP contribution in [0.3, 0.4) is 0 Å². The predicted octanol–water partition coefficient (Wildman–Crippen LogP) is 6.25. The number of nitrogens with zero attached hydrogens (tertiary/aromatic N) is 5. The van der Waals surface area contributed by atoms with Gasteiger partial charge in [-0.15, -0.1) is 0 Å². The Kier molecular flexibility index (Phi) is 9.29. The number of nitrogens with one attached hydrogen (secondary N) is 2. The van der Waals surface area contributed by atoms with Crippen molar-refractivity contribution >= 4 is 46.4 Å². The van der Waals surface area contributed by atoms with Crippen molar-refractivity contribution in [1.29, 1.82) is 0 Å². The number of benzene rings is 2. The molecule has 2 amide bonds. The fraction of sp³-hybridized carbons (Fsp3) is 0.371. The van der Waals surface area contributed by atoms with Crippen LogP contribution < -0.4 is 10.6 Å². The summed E-state index contributed by atoms with van der Waals surface area (Å²) in [6, 6.07) is 16.4. The number of aliphatic hydroxyl groups is 1. The molecule has 10 nitrogen and oxygen atoms in total. The molecule has 5 heterocycles. The topological polar surface area (TPSA) is 116 Å². The van der Waals surface area contributed by atoms with Crippen LogP contribution in [0.15, 0.2) is 60.8 Å². The number of rotatable bonds is 8. The Labute approximate surface area is 283 Å². The molecule has 7 rings (SSSR count). The number of hydrogen-bond acceptors (Lipinski definition) is 7. The summed E-state index contributed by atoms with van der Waals surface area (Å²) in [5, 5.41) is 20.9. The Morgan fingerprint density at radius 1 is 0.830 bits per heavy atom. The molecule has 1 unspecified atom stereocenters. The minimum Gasteiger partial charge on any atom is -0.392 e. The molecule has 4 aromatic rings. The summed E-state index contributed by atoms with van der Waals surface area (Å²) in [6.45, 7) is 5.13. The Balaban J connectivity index is 1.05. The van der Waals surface area contributed by atoms with E-state index in [0.29, 0.717) is 57.4 Å². The molecule has 47 heavy (non-hydrogen) atoms. The average molecular weight is 675 g/mol. The highest BCUT2D eigenvalue weighted by Gasteiger charge is 2.30. The highest BCUT2D eigenvalue weighted by molar-refractivity contribution is 6.40. The summed E-state index contributed by atoms with van der Waals surface area (Å²) in [5.41, 5.74) is 4.76. The van der Waals surface area contributed by atoms with E-state index in [1.807, 2.05) is 28.9 Å². The van der Waals surface area contributed by atoms with Crippen molar-refractivity contribution in [2.24, 2.45) is 0 Å². The van der Waals surface area contributed by atoms with E-state index < -0.39 is 5.91 Å². The number of likely N-dealkylation sites (tertiary alicyclic amines) is 2. The van der Waals surface area contributed by atoms with Gasteiger partial charge in [-0.1, -0.05) is 53.5 Å². The molecule has 3 aliphatic rings. The van der Waals surface area contributed by atoms with Gasteiger partial charge in [0.1, 0.15) is 5.69 Å². The van der Waals surface area contributed by atoms with Crippen LogP contribution in [-0.2, 0) is 13.1 Å². The number of β-amino-alcohol motifs (C(OH)–C–C–N with tert-alkyl or cyclic N) is 1. The molecule has 2 saturated heterocycles. The minimum absolute atomic E-state index is 0.257. The zero-order valence-electron chi connectivity index (χ0n) is 26.0. The second kappa shape index (κ2) is 13.7. The van der Waals surface area contributed by atoms with Crippen molar-refractivity contribution < 1.29 is 14.7 Å². The summed E-state index contributed by atoms with van der Waals surface area (Å²) < 4.78 is 1.98. The van der Waals surface area contributed by atoms with Crippen LogP contribution in [0.4, 0.5) is 11.4 Å². The molecular weight excluding hydrogens is 637 g/mol. The molecule has 3 aliphatic heterocycles. The lowest BCUT2D eigenvalue weighted by Crippen LogP contribution is -2.30. The van der Waals surface area contributed by atoms with Crippen molar-refractivity contribution in [1.82, 2.24) is 24.6 Å². The second-order valence-electron chi connectivity index (χ2n) is 12.6. The van der Waals surface area contributed by atoms with Crippen molar-refractivity contribution in [3.63, 3.8) is 0 Å². The molecule has 2 aromatic carbocycles. The van der Waals surface area contributed by atoms with E-state index in [1.54, 1.807) is 36.5 Å². The first kappa shape index (κ1) is 31.8. The number of halogens is 2. The number of anilines is 2. The van der Waals surface area contributed by atoms with E-state index >= 15 is 0 Å². The largest absolute Gasteiger partial charge is 0.392 e. The lowest BCUT2D eigenvalue weighted by molar-refractivity contribution is 0.101. The molecule has 12 heteroatoms. The standard InChI is InChI=1S/C35H37Cl2N7O3/c36-32-24(6-3-8-26(32)39-34(46)28-12-11-22(19-38-28)20-42-17-13-23(45)21-42)25-7-4-9-27(33(25)37)40-35(47)29-18-31-30(43-14-1-2-15-43)10-5-16-44(31)41-29/h3-4,6-9,11-12,18-19,23,30,45H,1-2,5,10,13-17,20-21H2,(H,39,46)(H,40,47)/t23-,30?/m1/s1. The highest BCUT2D eigenvalue weighted by atomic mass is 35.5. The van der Waals surface area contributed by atoms with Crippen LogP contribution in [0.5, 0.6) is 0 Å². The molecular formula is C35H37Cl2N7O3. The van der Waals surface area contributed by atoms with Gasteiger partial charge in [-0.3, -0.25) is 29.1 Å². The summed E-state index contributed by atoms with van der Waals surface area (Å²) in [6.07, 6.45) is 6.71. The molecule has 2 atom stereocenters. The molecule has 0 saturated carbocycles. The third-order valence-electron chi connectivity index (χ3n) is 9.31. The maximum Gasteiger partial charge on any atom is 0.276 e. The van der Waals surface area contributed by atoms with Crippen LogP contribution in [0, 0.1) is 0 Å². The third-order valence-corrected chi connectivity index (χ3v) is 10.1. The Hall–Kier alpha value is -3.80. The van der Waals surface area contributed by atoms with Gasteiger partial charge in [0.25, 0.3) is 11.8 Å². The van der Waals surface area contributed by atoms with Crippen LogP contribution in [-0.4, -0.2) is 73.8 Å². The van der Waals surface area contributed by atoms with Gasteiger partial charge in [0, 0.05) is 43.5 Å². The van der Waals surface area contributed by atoms with Crippen LogP contribution in [0.1, 0.15) is 70.4 Å². The Morgan fingerprint density at radius 3 is 2.13 bits per heavy atom. The monoisotopic (exact) mass is 673 g/mol. The maximum absolute atomic E-state index is 13.4. The number of hydrogen-bond donors (Lipinski definition) is 3. The molecule has 2 aromatic heterocycles. The summed E-state index contributed by atoms with van der Waals surface area (Å²) >= 11 is 13.7. The summed E-state index contributed by atoms with van der Waals surface area (Å²) in [7, 11) is 0. The van der Waals surface area contributed by atoms with Gasteiger partial charge in [-0.2, -0.15) is 5.10 Å². The number of aliphatic hydroxyl groups excluding tert-OH is 1. The number of aromatic nitrogens is 3. The number of pyridine rings is 1. The minimum atomic E-state index is -0.394. The first-order valence-corrected chi connectivity index (χ1v) is 17.0. The normalized spacial score (nSPS) is 19.9. The average Bonchev–Trinajstić information content (AvgIpc) is 3.85. The van der Waals surface area contributed by atoms with E-state index in [0.717, 1.165) is 56.7 Å². The van der Waals surface area contributed by atoms with Gasteiger partial charge in [0.2, 0.25) is 0 Å². The molecule has 244 valence electrons. The van der Waals surface area contributed by atoms with Crippen molar-refractivity contribution in [3.05, 3.63) is 93.5 Å². The fourth-order valence-electron chi connectivity index (χ4n) is 6.91.